The van der Waals surface area contributed by atoms with E-state index in [9.17, 15) is 0 Å². The number of hydrogen-bond donors (Lipinski definition) is 1. The molecule has 2 fully saturated rings. The molecule has 2 aliphatic heterocycles. The van der Waals surface area contributed by atoms with Crippen LogP contribution < -0.4 is 5.32 Å². The van der Waals surface area contributed by atoms with E-state index in [1.807, 2.05) is 0 Å². The largest absolute Gasteiger partial charge is 0.383 e. The van der Waals surface area contributed by atoms with Crippen molar-refractivity contribution in [3.8, 4) is 0 Å². The highest BCUT2D eigenvalue weighted by Crippen LogP contribution is 2.28. The van der Waals surface area contributed by atoms with Gasteiger partial charge in [-0.3, -0.25) is 0 Å². The Morgan fingerprint density at radius 1 is 1.25 bits per heavy atom. The third-order valence-electron chi connectivity index (χ3n) is 4.79. The lowest BCUT2D eigenvalue weighted by molar-refractivity contribution is 0.129. The first kappa shape index (κ1) is 14.1. The lowest BCUT2D eigenvalue weighted by Gasteiger charge is -2.37. The van der Waals surface area contributed by atoms with E-state index in [1.165, 1.54) is 44.3 Å². The summed E-state index contributed by atoms with van der Waals surface area (Å²) in [7, 11) is 1.79. The molecule has 1 aromatic rings. The Labute approximate surface area is 122 Å². The van der Waals surface area contributed by atoms with Crippen molar-refractivity contribution >= 4 is 0 Å². The number of nitrogens with zero attached hydrogens (tertiary/aromatic N) is 1. The standard InChI is InChI=1S/C17H26N2O/c1-20-13-17(14-6-3-2-4-7-14)18-15-9-11-19-10-5-8-16(19)12-15/h2-4,6-7,15-18H,5,8-13H2,1H3. The van der Waals surface area contributed by atoms with Gasteiger partial charge in [-0.1, -0.05) is 30.3 Å². The third-order valence-corrected chi connectivity index (χ3v) is 4.79. The van der Waals surface area contributed by atoms with Crippen LogP contribution in [0.5, 0.6) is 0 Å². The number of ether oxygens (including phenoxy) is 1. The molecule has 20 heavy (non-hydrogen) atoms. The van der Waals surface area contributed by atoms with Gasteiger partial charge in [-0.2, -0.15) is 0 Å². The zero-order chi connectivity index (χ0) is 13.8. The smallest absolute Gasteiger partial charge is 0.0657 e. The molecule has 3 nitrogen and oxygen atoms in total. The molecule has 0 amide bonds. The van der Waals surface area contributed by atoms with Crippen molar-refractivity contribution in [3.63, 3.8) is 0 Å². The topological polar surface area (TPSA) is 24.5 Å². The zero-order valence-corrected chi connectivity index (χ0v) is 12.4. The van der Waals surface area contributed by atoms with Crippen LogP contribution in [0.2, 0.25) is 0 Å². The van der Waals surface area contributed by atoms with Crippen LogP contribution in [0, 0.1) is 0 Å². The summed E-state index contributed by atoms with van der Waals surface area (Å²) in [5.74, 6) is 0. The molecule has 0 aliphatic carbocycles. The number of nitrogens with one attached hydrogen (secondary N) is 1. The molecule has 0 radical (unpaired) electrons. The average molecular weight is 274 g/mol. The summed E-state index contributed by atoms with van der Waals surface area (Å²) in [5, 5.41) is 3.83. The van der Waals surface area contributed by atoms with Gasteiger partial charge in [0, 0.05) is 19.2 Å². The Bertz CT molecular complexity index is 409. The van der Waals surface area contributed by atoms with Gasteiger partial charge in [-0.05, 0) is 44.3 Å². The quantitative estimate of drug-likeness (QED) is 0.893. The fourth-order valence-corrected chi connectivity index (χ4v) is 3.75. The van der Waals surface area contributed by atoms with E-state index >= 15 is 0 Å². The molecule has 0 spiro atoms. The summed E-state index contributed by atoms with van der Waals surface area (Å²) in [6, 6.07) is 12.5. The molecule has 0 bridgehead atoms. The lowest BCUT2D eigenvalue weighted by atomic mass is 9.96. The monoisotopic (exact) mass is 274 g/mol. The molecule has 0 saturated carbocycles. The SMILES string of the molecule is COCC(NC1CCN2CCCC2C1)c1ccccc1. The molecule has 2 heterocycles. The number of hydrogen-bond acceptors (Lipinski definition) is 3. The summed E-state index contributed by atoms with van der Waals surface area (Å²) < 4.78 is 5.41. The molecular formula is C17H26N2O. The number of piperidine rings is 1. The first-order chi connectivity index (χ1) is 9.86. The second-order valence-electron chi connectivity index (χ2n) is 6.14. The maximum absolute atomic E-state index is 5.41. The van der Waals surface area contributed by atoms with Crippen LogP contribution in [0.25, 0.3) is 0 Å². The van der Waals surface area contributed by atoms with E-state index in [4.69, 9.17) is 4.74 Å². The predicted molar refractivity (Wildman–Crippen MR) is 81.8 cm³/mol. The van der Waals surface area contributed by atoms with Crippen molar-refractivity contribution in [1.29, 1.82) is 0 Å². The second kappa shape index (κ2) is 6.70. The fourth-order valence-electron chi connectivity index (χ4n) is 3.75. The van der Waals surface area contributed by atoms with Crippen LogP contribution in [0.3, 0.4) is 0 Å². The van der Waals surface area contributed by atoms with Gasteiger partial charge in [0.15, 0.2) is 0 Å². The highest BCUT2D eigenvalue weighted by molar-refractivity contribution is 5.19. The van der Waals surface area contributed by atoms with Crippen molar-refractivity contribution in [2.45, 2.75) is 43.8 Å². The maximum Gasteiger partial charge on any atom is 0.0657 e. The van der Waals surface area contributed by atoms with E-state index in [2.05, 4.69) is 40.5 Å². The fraction of sp³-hybridized carbons (Fsp3) is 0.647. The van der Waals surface area contributed by atoms with Gasteiger partial charge in [-0.25, -0.2) is 0 Å². The summed E-state index contributed by atoms with van der Waals surface area (Å²) in [5.41, 5.74) is 1.34. The first-order valence-corrected chi connectivity index (χ1v) is 7.91. The Hall–Kier alpha value is -0.900. The summed E-state index contributed by atoms with van der Waals surface area (Å²) >= 11 is 0. The van der Waals surface area contributed by atoms with Crippen molar-refractivity contribution in [2.24, 2.45) is 0 Å². The highest BCUT2D eigenvalue weighted by atomic mass is 16.5. The predicted octanol–water partition coefficient (Wildman–Crippen LogP) is 2.59. The normalized spacial score (nSPS) is 28.2. The van der Waals surface area contributed by atoms with Gasteiger partial charge in [0.25, 0.3) is 0 Å². The molecule has 1 N–H and O–H groups in total. The summed E-state index contributed by atoms with van der Waals surface area (Å²) in [6.45, 7) is 3.32. The minimum atomic E-state index is 0.319. The molecule has 110 valence electrons. The minimum absolute atomic E-state index is 0.319. The molecule has 0 aromatic heterocycles. The van der Waals surface area contributed by atoms with Crippen molar-refractivity contribution in [1.82, 2.24) is 10.2 Å². The van der Waals surface area contributed by atoms with E-state index < -0.39 is 0 Å². The summed E-state index contributed by atoms with van der Waals surface area (Å²) in [4.78, 5) is 2.67. The van der Waals surface area contributed by atoms with Crippen LogP contribution in [-0.4, -0.2) is 43.8 Å². The van der Waals surface area contributed by atoms with Gasteiger partial charge in [-0.15, -0.1) is 0 Å². The van der Waals surface area contributed by atoms with Gasteiger partial charge in [0.2, 0.25) is 0 Å². The Balaban J connectivity index is 1.62. The molecule has 3 rings (SSSR count). The van der Waals surface area contributed by atoms with Crippen LogP contribution >= 0.6 is 0 Å². The van der Waals surface area contributed by atoms with Gasteiger partial charge in [0.1, 0.15) is 0 Å². The average Bonchev–Trinajstić information content (AvgIpc) is 2.95. The van der Waals surface area contributed by atoms with Gasteiger partial charge >= 0.3 is 0 Å². The van der Waals surface area contributed by atoms with Crippen molar-refractivity contribution in [2.75, 3.05) is 26.8 Å². The zero-order valence-electron chi connectivity index (χ0n) is 12.4. The molecule has 1 aromatic carbocycles. The van der Waals surface area contributed by atoms with Crippen molar-refractivity contribution < 1.29 is 4.74 Å². The second-order valence-corrected chi connectivity index (χ2v) is 6.14. The third kappa shape index (κ3) is 3.22. The molecular weight excluding hydrogens is 248 g/mol. The number of benzene rings is 1. The number of fused-ring (bicyclic) bond motifs is 1. The Kier molecular flexibility index (Phi) is 4.71. The molecule has 3 unspecified atom stereocenters. The van der Waals surface area contributed by atoms with Crippen LogP contribution in [0.1, 0.15) is 37.3 Å². The van der Waals surface area contributed by atoms with E-state index in [0.29, 0.717) is 12.1 Å². The van der Waals surface area contributed by atoms with Crippen molar-refractivity contribution in [3.05, 3.63) is 35.9 Å². The molecule has 3 atom stereocenters. The van der Waals surface area contributed by atoms with E-state index in [-0.39, 0.29) is 0 Å². The minimum Gasteiger partial charge on any atom is -0.383 e. The Morgan fingerprint density at radius 2 is 2.10 bits per heavy atom. The number of methoxy groups -OCH3 is 1. The molecule has 2 saturated heterocycles. The first-order valence-electron chi connectivity index (χ1n) is 7.91. The van der Waals surface area contributed by atoms with Gasteiger partial charge < -0.3 is 15.0 Å². The van der Waals surface area contributed by atoms with Gasteiger partial charge in [0.05, 0.1) is 12.6 Å². The van der Waals surface area contributed by atoms with E-state index in [1.54, 1.807) is 7.11 Å². The van der Waals surface area contributed by atoms with Crippen LogP contribution in [-0.2, 0) is 4.74 Å². The number of rotatable bonds is 5. The molecule has 3 heteroatoms. The molecule has 2 aliphatic rings. The maximum atomic E-state index is 5.41. The van der Waals surface area contributed by atoms with E-state index in [0.717, 1.165) is 12.6 Å². The summed E-state index contributed by atoms with van der Waals surface area (Å²) in [6.07, 6.45) is 5.34. The van der Waals surface area contributed by atoms with Crippen LogP contribution in [0.15, 0.2) is 30.3 Å². The van der Waals surface area contributed by atoms with Crippen LogP contribution in [0.4, 0.5) is 0 Å². The Morgan fingerprint density at radius 3 is 2.90 bits per heavy atom. The lowest BCUT2D eigenvalue weighted by Crippen LogP contribution is -2.47. The highest BCUT2D eigenvalue weighted by Gasteiger charge is 2.32.